The van der Waals surface area contributed by atoms with Gasteiger partial charge in [0, 0.05) is 10.4 Å². The lowest BCUT2D eigenvalue weighted by molar-refractivity contribution is 0.800. The Labute approximate surface area is 154 Å². The van der Waals surface area contributed by atoms with E-state index in [-0.39, 0.29) is 16.3 Å². The molecule has 0 atom stereocenters. The van der Waals surface area contributed by atoms with Crippen molar-refractivity contribution in [3.63, 3.8) is 0 Å². The van der Waals surface area contributed by atoms with Crippen molar-refractivity contribution in [2.24, 2.45) is 0 Å². The van der Waals surface area contributed by atoms with Gasteiger partial charge >= 0.3 is 0 Å². The molecule has 3 aromatic heterocycles. The van der Waals surface area contributed by atoms with Crippen molar-refractivity contribution in [1.82, 2.24) is 24.7 Å². The van der Waals surface area contributed by atoms with Gasteiger partial charge in [0.2, 0.25) is 5.43 Å². The zero-order valence-electron chi connectivity index (χ0n) is 13.5. The van der Waals surface area contributed by atoms with Crippen molar-refractivity contribution in [3.05, 3.63) is 78.7 Å². The summed E-state index contributed by atoms with van der Waals surface area (Å²) < 4.78 is 1.06. The summed E-state index contributed by atoms with van der Waals surface area (Å²) in [7, 11) is 0. The van der Waals surface area contributed by atoms with Crippen LogP contribution < -0.4 is 16.5 Å². The molecule has 2 aromatic carbocycles. The van der Waals surface area contributed by atoms with E-state index in [0.717, 1.165) is 10.2 Å². The zero-order chi connectivity index (χ0) is 18.7. The monoisotopic (exact) mass is 379 g/mol. The number of benzene rings is 2. The first kappa shape index (κ1) is 15.6. The number of hydrogen-bond acceptors (Lipinski definition) is 4. The predicted molar refractivity (Wildman–Crippen MR) is 103 cm³/mol. The van der Waals surface area contributed by atoms with Gasteiger partial charge in [0.1, 0.15) is 10.9 Å². The van der Waals surface area contributed by atoms with Gasteiger partial charge in [-0.15, -0.1) is 0 Å². The summed E-state index contributed by atoms with van der Waals surface area (Å²) >= 11 is 5.95. The maximum absolute atomic E-state index is 13.0. The van der Waals surface area contributed by atoms with E-state index in [4.69, 9.17) is 11.6 Å². The van der Waals surface area contributed by atoms with Gasteiger partial charge in [-0.3, -0.25) is 19.5 Å². The minimum Gasteiger partial charge on any atom is -0.350 e. The molecule has 0 fully saturated rings. The molecule has 3 heterocycles. The van der Waals surface area contributed by atoms with Crippen LogP contribution >= 0.6 is 11.6 Å². The van der Waals surface area contributed by atoms with E-state index < -0.39 is 16.5 Å². The molecule has 0 aliphatic heterocycles. The average molecular weight is 380 g/mol. The third-order valence-electron chi connectivity index (χ3n) is 4.48. The number of halogens is 1. The topological polar surface area (TPSA) is 116 Å². The molecular formula is C18H10ClN5O3. The van der Waals surface area contributed by atoms with E-state index in [1.807, 2.05) is 0 Å². The fraction of sp³-hybridized carbons (Fsp3) is 0. The second kappa shape index (κ2) is 5.42. The van der Waals surface area contributed by atoms with Crippen molar-refractivity contribution in [3.8, 4) is 5.69 Å². The number of H-pyrrole nitrogens is 3. The number of nitrogens with one attached hydrogen (secondary N) is 3. The van der Waals surface area contributed by atoms with Gasteiger partial charge in [0.25, 0.3) is 11.1 Å². The van der Waals surface area contributed by atoms with E-state index in [0.29, 0.717) is 21.7 Å². The third kappa shape index (κ3) is 2.24. The Morgan fingerprint density at radius 1 is 1.00 bits per heavy atom. The summed E-state index contributed by atoms with van der Waals surface area (Å²) in [5, 5.41) is 2.99. The van der Waals surface area contributed by atoms with Crippen LogP contribution in [0.25, 0.3) is 38.5 Å². The predicted octanol–water partition coefficient (Wildman–Crippen LogP) is 2.05. The van der Waals surface area contributed by atoms with E-state index in [1.54, 1.807) is 24.3 Å². The lowest BCUT2D eigenvalue weighted by atomic mass is 10.1. The van der Waals surface area contributed by atoms with Crippen LogP contribution in [0.3, 0.4) is 0 Å². The molecule has 0 bridgehead atoms. The molecule has 0 unspecified atom stereocenters. The van der Waals surface area contributed by atoms with Crippen molar-refractivity contribution in [1.29, 1.82) is 0 Å². The zero-order valence-corrected chi connectivity index (χ0v) is 14.3. The third-order valence-corrected chi connectivity index (χ3v) is 4.72. The summed E-state index contributed by atoms with van der Waals surface area (Å²) in [4.78, 5) is 48.4. The van der Waals surface area contributed by atoms with Crippen LogP contribution in [0.4, 0.5) is 0 Å². The standard InChI is InChI=1S/C18H10ClN5O3/c19-8-1-3-10-12(5-8)22-15-14(16(10)25)18(27)24(23-17(15)26)9-2-4-11-13(6-9)21-7-20-11/h1-7H,(H,20,21)(H,22,25)(H,23,26). The molecule has 132 valence electrons. The molecule has 27 heavy (non-hydrogen) atoms. The van der Waals surface area contributed by atoms with E-state index in [1.165, 1.54) is 18.5 Å². The first-order valence-corrected chi connectivity index (χ1v) is 8.35. The highest BCUT2D eigenvalue weighted by Gasteiger charge is 2.15. The number of imidazole rings is 1. The molecule has 0 aliphatic carbocycles. The number of pyridine rings is 1. The Morgan fingerprint density at radius 3 is 2.70 bits per heavy atom. The van der Waals surface area contributed by atoms with Gasteiger partial charge in [0.05, 0.1) is 28.6 Å². The number of hydrogen-bond donors (Lipinski definition) is 3. The molecule has 0 radical (unpaired) electrons. The van der Waals surface area contributed by atoms with Crippen LogP contribution in [0.2, 0.25) is 5.02 Å². The Morgan fingerprint density at radius 2 is 1.85 bits per heavy atom. The molecule has 8 nitrogen and oxygen atoms in total. The van der Waals surface area contributed by atoms with Crippen LogP contribution in [-0.4, -0.2) is 24.7 Å². The maximum Gasteiger partial charge on any atom is 0.287 e. The fourth-order valence-electron chi connectivity index (χ4n) is 3.20. The quantitative estimate of drug-likeness (QED) is 0.386. The van der Waals surface area contributed by atoms with Gasteiger partial charge in [0.15, 0.2) is 0 Å². The van der Waals surface area contributed by atoms with E-state index in [9.17, 15) is 14.4 Å². The Bertz CT molecular complexity index is 1560. The minimum atomic E-state index is -0.624. The summed E-state index contributed by atoms with van der Waals surface area (Å²) in [5.41, 5.74) is 0.391. The number of fused-ring (bicyclic) bond motifs is 3. The van der Waals surface area contributed by atoms with Crippen molar-refractivity contribution >= 4 is 44.4 Å². The Hall–Kier alpha value is -3.65. The van der Waals surface area contributed by atoms with Crippen LogP contribution in [-0.2, 0) is 0 Å². The molecule has 3 N–H and O–H groups in total. The van der Waals surface area contributed by atoms with Crippen molar-refractivity contribution in [2.75, 3.05) is 0 Å². The van der Waals surface area contributed by atoms with E-state index >= 15 is 0 Å². The molecular weight excluding hydrogens is 370 g/mol. The maximum atomic E-state index is 13.0. The largest absolute Gasteiger partial charge is 0.350 e. The highest BCUT2D eigenvalue weighted by Crippen LogP contribution is 2.17. The van der Waals surface area contributed by atoms with Crippen LogP contribution in [0.1, 0.15) is 0 Å². The van der Waals surface area contributed by atoms with Crippen LogP contribution in [0, 0.1) is 0 Å². The first-order chi connectivity index (χ1) is 13.0. The number of aromatic nitrogens is 5. The summed E-state index contributed by atoms with van der Waals surface area (Å²) in [6, 6.07) is 9.64. The molecule has 0 aliphatic rings. The van der Waals surface area contributed by atoms with Gasteiger partial charge in [-0.1, -0.05) is 11.6 Å². The molecule has 5 rings (SSSR count). The Balaban J connectivity index is 1.91. The Kier molecular flexibility index (Phi) is 3.13. The lowest BCUT2D eigenvalue weighted by Crippen LogP contribution is -2.32. The number of nitrogens with zero attached hydrogens (tertiary/aromatic N) is 2. The molecule has 0 saturated carbocycles. The number of aromatic amines is 3. The minimum absolute atomic E-state index is 0.0846. The van der Waals surface area contributed by atoms with Crippen molar-refractivity contribution in [2.45, 2.75) is 0 Å². The van der Waals surface area contributed by atoms with Crippen LogP contribution in [0.5, 0.6) is 0 Å². The molecule has 9 heteroatoms. The van der Waals surface area contributed by atoms with E-state index in [2.05, 4.69) is 20.1 Å². The highest BCUT2D eigenvalue weighted by molar-refractivity contribution is 6.31. The normalized spacial score (nSPS) is 11.6. The number of rotatable bonds is 1. The van der Waals surface area contributed by atoms with Gasteiger partial charge < -0.3 is 9.97 Å². The SMILES string of the molecule is O=c1[nH]n(-c2ccc3nc[nH]c3c2)c(=O)c2c(=O)c3ccc(Cl)cc3[nH]c12. The second-order valence-corrected chi connectivity index (χ2v) is 6.52. The lowest BCUT2D eigenvalue weighted by Gasteiger charge is -2.08. The molecule has 5 aromatic rings. The molecule has 0 spiro atoms. The summed E-state index contributed by atoms with van der Waals surface area (Å²) in [6.45, 7) is 0. The summed E-state index contributed by atoms with van der Waals surface area (Å²) in [6.07, 6.45) is 1.53. The fourth-order valence-corrected chi connectivity index (χ4v) is 3.37. The van der Waals surface area contributed by atoms with Gasteiger partial charge in [-0.05, 0) is 36.4 Å². The highest BCUT2D eigenvalue weighted by atomic mass is 35.5. The van der Waals surface area contributed by atoms with Gasteiger partial charge in [-0.2, -0.15) is 0 Å². The van der Waals surface area contributed by atoms with Crippen molar-refractivity contribution < 1.29 is 0 Å². The molecule has 0 amide bonds. The van der Waals surface area contributed by atoms with Crippen LogP contribution in [0.15, 0.2) is 57.1 Å². The van der Waals surface area contributed by atoms with Gasteiger partial charge in [-0.25, -0.2) is 9.67 Å². The second-order valence-electron chi connectivity index (χ2n) is 6.08. The smallest absolute Gasteiger partial charge is 0.287 e. The first-order valence-electron chi connectivity index (χ1n) is 7.97. The average Bonchev–Trinajstić information content (AvgIpc) is 3.12. The summed E-state index contributed by atoms with van der Waals surface area (Å²) in [5.74, 6) is 0. The molecule has 0 saturated heterocycles.